The first-order valence-corrected chi connectivity index (χ1v) is 7.07. The van der Waals surface area contributed by atoms with Crippen molar-refractivity contribution >= 4 is 15.7 Å². The summed E-state index contributed by atoms with van der Waals surface area (Å²) >= 11 is 0. The van der Waals surface area contributed by atoms with Gasteiger partial charge in [-0.25, -0.2) is 13.1 Å². The summed E-state index contributed by atoms with van der Waals surface area (Å²) in [7, 11) is -3.98. The maximum atomic E-state index is 13.4. The van der Waals surface area contributed by atoms with Crippen molar-refractivity contribution in [2.45, 2.75) is 11.3 Å². The number of rotatable bonds is 6. The lowest BCUT2D eigenvalue weighted by molar-refractivity contribution is -0.387. The molecule has 2 rings (SSSR count). The van der Waals surface area contributed by atoms with Gasteiger partial charge in [0.05, 0.1) is 9.82 Å². The second-order valence-electron chi connectivity index (χ2n) is 3.87. The fourth-order valence-electron chi connectivity index (χ4n) is 1.49. The average molecular weight is 316 g/mol. The van der Waals surface area contributed by atoms with Crippen molar-refractivity contribution in [2.75, 3.05) is 6.54 Å². The Bertz CT molecular complexity index is 747. The molecule has 0 radical (unpaired) electrons. The molecule has 1 aromatic carbocycles. The third-order valence-electron chi connectivity index (χ3n) is 2.47. The monoisotopic (exact) mass is 316 g/mol. The van der Waals surface area contributed by atoms with E-state index in [1.807, 2.05) is 0 Å². The van der Waals surface area contributed by atoms with Gasteiger partial charge in [-0.1, -0.05) is 5.16 Å². The lowest BCUT2D eigenvalue weighted by Crippen LogP contribution is -2.26. The smallest absolute Gasteiger partial charge is 0.304 e. The number of sulfonamides is 1. The molecule has 0 saturated carbocycles. The Morgan fingerprint density at radius 1 is 1.43 bits per heavy atom. The minimum absolute atomic E-state index is 0.0273. The number of nitro benzene ring substituents is 1. The van der Waals surface area contributed by atoms with Crippen LogP contribution in [0.4, 0.5) is 10.1 Å². The first-order valence-electron chi connectivity index (χ1n) is 5.59. The lowest BCUT2D eigenvalue weighted by Gasteiger charge is -2.05. The van der Waals surface area contributed by atoms with Crippen molar-refractivity contribution in [3.63, 3.8) is 0 Å². The number of nitrogens with zero attached hydrogens (tertiary/aromatic N) is 3. The first-order chi connectivity index (χ1) is 9.90. The van der Waals surface area contributed by atoms with Crippen molar-refractivity contribution in [1.82, 2.24) is 14.9 Å². The Hall–Kier alpha value is -2.40. The van der Waals surface area contributed by atoms with E-state index in [9.17, 15) is 22.9 Å². The van der Waals surface area contributed by atoms with Crippen molar-refractivity contribution in [2.24, 2.45) is 0 Å². The number of aromatic nitrogens is 2. The predicted octanol–water partition coefficient (Wildman–Crippen LogP) is 0.638. The molecule has 21 heavy (non-hydrogen) atoms. The van der Waals surface area contributed by atoms with E-state index in [-0.39, 0.29) is 13.0 Å². The molecule has 112 valence electrons. The Morgan fingerprint density at radius 3 is 2.76 bits per heavy atom. The molecule has 0 aliphatic rings. The van der Waals surface area contributed by atoms with Gasteiger partial charge in [0.1, 0.15) is 0 Å². The van der Waals surface area contributed by atoms with Crippen LogP contribution in [0, 0.1) is 15.9 Å². The number of nitrogens with one attached hydrogen (secondary N) is 1. The number of halogens is 1. The molecule has 0 amide bonds. The molecular formula is C10H9FN4O5S. The summed E-state index contributed by atoms with van der Waals surface area (Å²) in [5.74, 6) is -0.909. The van der Waals surface area contributed by atoms with E-state index in [1.54, 1.807) is 0 Å². The third kappa shape index (κ3) is 3.58. The molecule has 0 bridgehead atoms. The van der Waals surface area contributed by atoms with E-state index >= 15 is 0 Å². The highest BCUT2D eigenvalue weighted by Crippen LogP contribution is 2.20. The molecule has 0 aliphatic heterocycles. The third-order valence-corrected chi connectivity index (χ3v) is 3.93. The summed E-state index contributed by atoms with van der Waals surface area (Å²) < 4.78 is 43.9. The predicted molar refractivity (Wildman–Crippen MR) is 66.2 cm³/mol. The summed E-state index contributed by atoms with van der Waals surface area (Å²) in [6.07, 6.45) is 1.29. The van der Waals surface area contributed by atoms with Crippen LogP contribution >= 0.6 is 0 Å². The van der Waals surface area contributed by atoms with E-state index in [0.29, 0.717) is 11.9 Å². The van der Waals surface area contributed by atoms with E-state index < -0.39 is 31.3 Å². The van der Waals surface area contributed by atoms with Crippen LogP contribution in [-0.2, 0) is 16.4 Å². The van der Waals surface area contributed by atoms with E-state index in [1.165, 1.54) is 0 Å². The second-order valence-corrected chi connectivity index (χ2v) is 5.63. The van der Waals surface area contributed by atoms with E-state index in [0.717, 1.165) is 18.5 Å². The minimum Gasteiger partial charge on any atom is -0.343 e. The Balaban J connectivity index is 2.08. The number of hydrogen-bond donors (Lipinski definition) is 1. The summed E-state index contributed by atoms with van der Waals surface area (Å²) in [5, 5.41) is 14.0. The zero-order valence-corrected chi connectivity index (χ0v) is 11.2. The maximum Gasteiger partial charge on any atom is 0.304 e. The van der Waals surface area contributed by atoms with Crippen molar-refractivity contribution in [3.05, 3.63) is 46.3 Å². The van der Waals surface area contributed by atoms with Crippen LogP contribution in [0.1, 0.15) is 5.82 Å². The Morgan fingerprint density at radius 2 is 2.19 bits per heavy atom. The zero-order valence-electron chi connectivity index (χ0n) is 10.4. The molecule has 0 fully saturated rings. The molecule has 0 saturated heterocycles. The van der Waals surface area contributed by atoms with Gasteiger partial charge in [-0.15, -0.1) is 0 Å². The van der Waals surface area contributed by atoms with Crippen LogP contribution in [0.5, 0.6) is 0 Å². The second kappa shape index (κ2) is 5.93. The number of hydrogen-bond acceptors (Lipinski definition) is 7. The summed E-state index contributed by atoms with van der Waals surface area (Å²) in [4.78, 5) is 12.8. The molecule has 1 aromatic heterocycles. The molecule has 0 atom stereocenters. The average Bonchev–Trinajstić information content (AvgIpc) is 2.91. The largest absolute Gasteiger partial charge is 0.343 e. The van der Waals surface area contributed by atoms with E-state index in [4.69, 9.17) is 0 Å². The van der Waals surface area contributed by atoms with Gasteiger partial charge in [-0.2, -0.15) is 9.37 Å². The number of nitro groups is 1. The quantitative estimate of drug-likeness (QED) is 0.611. The molecule has 11 heteroatoms. The highest BCUT2D eigenvalue weighted by Gasteiger charge is 2.20. The van der Waals surface area contributed by atoms with Gasteiger partial charge in [-0.05, 0) is 6.07 Å². The SMILES string of the molecule is O=[N+]([O-])c1ccc(S(=O)(=O)NCCc2ncon2)cc1F. The molecule has 9 nitrogen and oxygen atoms in total. The van der Waals surface area contributed by atoms with Crippen LogP contribution in [-0.4, -0.2) is 30.0 Å². The standard InChI is InChI=1S/C10H9FN4O5S/c11-8-5-7(1-2-9(8)15(16)17)21(18,19)13-4-3-10-12-6-20-14-10/h1-2,5-6,13H,3-4H2. The summed E-state index contributed by atoms with van der Waals surface area (Å²) in [6.45, 7) is -0.0273. The van der Waals surface area contributed by atoms with Crippen molar-refractivity contribution in [1.29, 1.82) is 0 Å². The first kappa shape index (κ1) is 15.0. The Labute approximate surface area is 118 Å². The normalized spacial score (nSPS) is 11.5. The molecule has 2 aromatic rings. The Kier molecular flexibility index (Phi) is 4.23. The minimum atomic E-state index is -3.98. The highest BCUT2D eigenvalue weighted by atomic mass is 32.2. The van der Waals surface area contributed by atoms with Crippen molar-refractivity contribution < 1.29 is 22.3 Å². The molecular weight excluding hydrogens is 307 g/mol. The van der Waals surface area contributed by atoms with Gasteiger partial charge >= 0.3 is 5.69 Å². The lowest BCUT2D eigenvalue weighted by atomic mass is 10.3. The van der Waals surface area contributed by atoms with Crippen LogP contribution in [0.2, 0.25) is 0 Å². The van der Waals surface area contributed by atoms with Crippen molar-refractivity contribution in [3.8, 4) is 0 Å². The number of benzene rings is 1. The van der Waals surface area contributed by atoms with Crippen LogP contribution in [0.15, 0.2) is 34.0 Å². The maximum absolute atomic E-state index is 13.4. The highest BCUT2D eigenvalue weighted by molar-refractivity contribution is 7.89. The van der Waals surface area contributed by atoms with Gasteiger partial charge < -0.3 is 4.52 Å². The topological polar surface area (TPSA) is 128 Å². The van der Waals surface area contributed by atoms with Gasteiger partial charge in [-0.3, -0.25) is 10.1 Å². The molecule has 1 heterocycles. The van der Waals surface area contributed by atoms with Crippen LogP contribution in [0.25, 0.3) is 0 Å². The fourth-order valence-corrected chi connectivity index (χ4v) is 2.53. The van der Waals surface area contributed by atoms with Gasteiger partial charge in [0.15, 0.2) is 5.82 Å². The summed E-state index contributed by atoms with van der Waals surface area (Å²) in [6, 6.07) is 2.34. The molecule has 0 spiro atoms. The van der Waals surface area contributed by atoms with Gasteiger partial charge in [0, 0.05) is 25.1 Å². The molecule has 0 aliphatic carbocycles. The van der Waals surface area contributed by atoms with E-state index in [2.05, 4.69) is 19.4 Å². The van der Waals surface area contributed by atoms with Gasteiger partial charge in [0.25, 0.3) is 0 Å². The summed E-state index contributed by atoms with van der Waals surface area (Å²) in [5.41, 5.74) is -0.791. The van der Waals surface area contributed by atoms with Crippen LogP contribution < -0.4 is 4.72 Å². The fraction of sp³-hybridized carbons (Fsp3) is 0.200. The molecule has 1 N–H and O–H groups in total. The van der Waals surface area contributed by atoms with Gasteiger partial charge in [0.2, 0.25) is 22.2 Å². The van der Waals surface area contributed by atoms with Crippen LogP contribution in [0.3, 0.4) is 0 Å². The zero-order chi connectivity index (χ0) is 15.5. The molecule has 0 unspecified atom stereocenters.